The minimum absolute atomic E-state index is 0.00839. The minimum atomic E-state index is -0.0636. The molecule has 106 valence electrons. The quantitative estimate of drug-likeness (QED) is 0.751. The summed E-state index contributed by atoms with van der Waals surface area (Å²) in [6.07, 6.45) is 0. The summed E-state index contributed by atoms with van der Waals surface area (Å²) in [6, 6.07) is 7.55. The van der Waals surface area contributed by atoms with Gasteiger partial charge in [-0.05, 0) is 26.0 Å². The van der Waals surface area contributed by atoms with Crippen molar-refractivity contribution in [3.05, 3.63) is 24.3 Å². The smallest absolute Gasteiger partial charge is 0.239 e. The van der Waals surface area contributed by atoms with E-state index in [9.17, 15) is 4.79 Å². The van der Waals surface area contributed by atoms with E-state index in [-0.39, 0.29) is 18.5 Å². The highest BCUT2D eigenvalue weighted by Gasteiger charge is 2.06. The molecule has 0 saturated heterocycles. The first kappa shape index (κ1) is 15.3. The predicted molar refractivity (Wildman–Crippen MR) is 75.6 cm³/mol. The Morgan fingerprint density at radius 1 is 1.42 bits per heavy atom. The molecule has 5 heteroatoms. The van der Waals surface area contributed by atoms with E-state index in [0.717, 1.165) is 11.4 Å². The highest BCUT2D eigenvalue weighted by Crippen LogP contribution is 2.16. The maximum absolute atomic E-state index is 11.7. The molecule has 0 fully saturated rings. The van der Waals surface area contributed by atoms with Crippen LogP contribution in [0.5, 0.6) is 5.75 Å². The van der Waals surface area contributed by atoms with E-state index in [2.05, 4.69) is 10.6 Å². The number of ether oxygens (including phenoxy) is 2. The Morgan fingerprint density at radius 2 is 2.21 bits per heavy atom. The Hall–Kier alpha value is -1.75. The number of methoxy groups -OCH3 is 1. The van der Waals surface area contributed by atoms with Crippen LogP contribution in [0, 0.1) is 0 Å². The van der Waals surface area contributed by atoms with Crippen molar-refractivity contribution in [2.45, 2.75) is 19.9 Å². The summed E-state index contributed by atoms with van der Waals surface area (Å²) in [4.78, 5) is 11.7. The third-order valence-corrected chi connectivity index (χ3v) is 2.42. The number of rotatable bonds is 8. The van der Waals surface area contributed by atoms with Crippen LogP contribution in [0.15, 0.2) is 24.3 Å². The third kappa shape index (κ3) is 6.10. The van der Waals surface area contributed by atoms with Gasteiger partial charge in [-0.25, -0.2) is 0 Å². The molecular formula is C14H22N2O3. The summed E-state index contributed by atoms with van der Waals surface area (Å²) in [5.74, 6) is 0.729. The summed E-state index contributed by atoms with van der Waals surface area (Å²) in [5.41, 5.74) is 0.862. The number of benzene rings is 1. The standard InChI is InChI=1S/C14H22N2O3/c1-4-19-13-7-5-6-12(8-13)15-9-14(17)16-11(2)10-18-3/h5-8,11,15H,4,9-10H2,1-3H3,(H,16,17). The zero-order valence-electron chi connectivity index (χ0n) is 11.7. The number of hydrogen-bond acceptors (Lipinski definition) is 4. The van der Waals surface area contributed by atoms with Crippen molar-refractivity contribution in [2.75, 3.05) is 32.2 Å². The van der Waals surface area contributed by atoms with E-state index in [1.165, 1.54) is 0 Å². The van der Waals surface area contributed by atoms with E-state index in [1.807, 2.05) is 38.1 Å². The van der Waals surface area contributed by atoms with Gasteiger partial charge < -0.3 is 20.1 Å². The third-order valence-electron chi connectivity index (χ3n) is 2.42. The van der Waals surface area contributed by atoms with Gasteiger partial charge >= 0.3 is 0 Å². The Labute approximate surface area is 114 Å². The number of hydrogen-bond donors (Lipinski definition) is 2. The summed E-state index contributed by atoms with van der Waals surface area (Å²) in [6.45, 7) is 5.19. The van der Waals surface area contributed by atoms with E-state index >= 15 is 0 Å². The number of carbonyl (C=O) groups excluding carboxylic acids is 1. The molecule has 0 aliphatic rings. The molecule has 1 amide bonds. The first-order chi connectivity index (χ1) is 9.15. The van der Waals surface area contributed by atoms with Crippen LogP contribution in [0.3, 0.4) is 0 Å². The van der Waals surface area contributed by atoms with Gasteiger partial charge in [-0.3, -0.25) is 4.79 Å². The highest BCUT2D eigenvalue weighted by molar-refractivity contribution is 5.81. The fraction of sp³-hybridized carbons (Fsp3) is 0.500. The van der Waals surface area contributed by atoms with Crippen LogP contribution in [-0.4, -0.2) is 38.8 Å². The van der Waals surface area contributed by atoms with E-state index in [0.29, 0.717) is 13.2 Å². The summed E-state index contributed by atoms with van der Waals surface area (Å²) in [5, 5.41) is 5.89. The Bertz CT molecular complexity index is 396. The summed E-state index contributed by atoms with van der Waals surface area (Å²) < 4.78 is 10.4. The Kier molecular flexibility index (Phi) is 6.74. The molecule has 0 saturated carbocycles. The van der Waals surface area contributed by atoms with Gasteiger partial charge in [-0.1, -0.05) is 6.07 Å². The second-order valence-electron chi connectivity index (χ2n) is 4.24. The maximum atomic E-state index is 11.7. The van der Waals surface area contributed by atoms with Crippen molar-refractivity contribution >= 4 is 11.6 Å². The second-order valence-corrected chi connectivity index (χ2v) is 4.24. The fourth-order valence-corrected chi connectivity index (χ4v) is 1.66. The molecule has 0 aromatic heterocycles. The molecule has 0 radical (unpaired) electrons. The van der Waals surface area contributed by atoms with Crippen LogP contribution in [-0.2, 0) is 9.53 Å². The topological polar surface area (TPSA) is 59.6 Å². The Morgan fingerprint density at radius 3 is 2.89 bits per heavy atom. The molecule has 1 aromatic carbocycles. The fourth-order valence-electron chi connectivity index (χ4n) is 1.66. The molecule has 0 aliphatic heterocycles. The molecular weight excluding hydrogens is 244 g/mol. The maximum Gasteiger partial charge on any atom is 0.239 e. The lowest BCUT2D eigenvalue weighted by Gasteiger charge is -2.13. The largest absolute Gasteiger partial charge is 0.494 e. The van der Waals surface area contributed by atoms with Gasteiger partial charge in [0.25, 0.3) is 0 Å². The molecule has 1 aromatic rings. The van der Waals surface area contributed by atoms with Gasteiger partial charge in [0, 0.05) is 24.9 Å². The van der Waals surface area contributed by atoms with Crippen molar-refractivity contribution in [3.63, 3.8) is 0 Å². The lowest BCUT2D eigenvalue weighted by Crippen LogP contribution is -2.39. The lowest BCUT2D eigenvalue weighted by atomic mass is 10.3. The van der Waals surface area contributed by atoms with E-state index in [4.69, 9.17) is 9.47 Å². The zero-order chi connectivity index (χ0) is 14.1. The normalized spacial score (nSPS) is 11.7. The van der Waals surface area contributed by atoms with Gasteiger partial charge in [0.2, 0.25) is 5.91 Å². The number of amides is 1. The van der Waals surface area contributed by atoms with Crippen molar-refractivity contribution < 1.29 is 14.3 Å². The molecule has 2 N–H and O–H groups in total. The van der Waals surface area contributed by atoms with Crippen LogP contribution in [0.25, 0.3) is 0 Å². The van der Waals surface area contributed by atoms with Crippen LogP contribution in [0.1, 0.15) is 13.8 Å². The average molecular weight is 266 g/mol. The molecule has 19 heavy (non-hydrogen) atoms. The molecule has 0 heterocycles. The van der Waals surface area contributed by atoms with Crippen LogP contribution < -0.4 is 15.4 Å². The Balaban J connectivity index is 2.39. The molecule has 5 nitrogen and oxygen atoms in total. The lowest BCUT2D eigenvalue weighted by molar-refractivity contribution is -0.120. The molecule has 0 spiro atoms. The van der Waals surface area contributed by atoms with Crippen molar-refractivity contribution in [2.24, 2.45) is 0 Å². The van der Waals surface area contributed by atoms with Gasteiger partial charge in [-0.2, -0.15) is 0 Å². The molecule has 0 aliphatic carbocycles. The monoisotopic (exact) mass is 266 g/mol. The number of carbonyl (C=O) groups is 1. The molecule has 1 unspecified atom stereocenters. The molecule has 1 atom stereocenters. The van der Waals surface area contributed by atoms with Gasteiger partial charge in [0.05, 0.1) is 19.8 Å². The van der Waals surface area contributed by atoms with Gasteiger partial charge in [0.15, 0.2) is 0 Å². The van der Waals surface area contributed by atoms with E-state index in [1.54, 1.807) is 7.11 Å². The number of nitrogens with one attached hydrogen (secondary N) is 2. The minimum Gasteiger partial charge on any atom is -0.494 e. The molecule has 0 bridgehead atoms. The summed E-state index contributed by atoms with van der Waals surface area (Å²) in [7, 11) is 1.61. The van der Waals surface area contributed by atoms with Crippen LogP contribution in [0.4, 0.5) is 5.69 Å². The zero-order valence-corrected chi connectivity index (χ0v) is 11.7. The van der Waals surface area contributed by atoms with E-state index < -0.39 is 0 Å². The second kappa shape index (κ2) is 8.37. The SMILES string of the molecule is CCOc1cccc(NCC(=O)NC(C)COC)c1. The van der Waals surface area contributed by atoms with Crippen molar-refractivity contribution in [1.82, 2.24) is 5.32 Å². The average Bonchev–Trinajstić information content (AvgIpc) is 2.37. The van der Waals surface area contributed by atoms with Crippen molar-refractivity contribution in [3.8, 4) is 5.75 Å². The number of anilines is 1. The first-order valence-corrected chi connectivity index (χ1v) is 6.40. The molecule has 1 rings (SSSR count). The van der Waals surface area contributed by atoms with Gasteiger partial charge in [0.1, 0.15) is 5.75 Å². The van der Waals surface area contributed by atoms with Gasteiger partial charge in [-0.15, -0.1) is 0 Å². The first-order valence-electron chi connectivity index (χ1n) is 6.40. The van der Waals surface area contributed by atoms with Crippen molar-refractivity contribution in [1.29, 1.82) is 0 Å². The predicted octanol–water partition coefficient (Wildman–Crippen LogP) is 1.65. The van der Waals surface area contributed by atoms with Crippen LogP contribution in [0.2, 0.25) is 0 Å². The van der Waals surface area contributed by atoms with Crippen LogP contribution >= 0.6 is 0 Å². The highest BCUT2D eigenvalue weighted by atomic mass is 16.5. The summed E-state index contributed by atoms with van der Waals surface area (Å²) >= 11 is 0.